The summed E-state index contributed by atoms with van der Waals surface area (Å²) in [5.41, 5.74) is 1.13. The first-order valence-electron chi connectivity index (χ1n) is 10.4. The molecule has 0 radical (unpaired) electrons. The van der Waals surface area contributed by atoms with Crippen molar-refractivity contribution in [2.24, 2.45) is 5.92 Å². The highest BCUT2D eigenvalue weighted by molar-refractivity contribution is 6.00. The summed E-state index contributed by atoms with van der Waals surface area (Å²) in [6.07, 6.45) is 2.92. The minimum absolute atomic E-state index is 0.0495. The van der Waals surface area contributed by atoms with Crippen molar-refractivity contribution in [2.75, 3.05) is 11.9 Å². The number of hydrogen-bond donors (Lipinski definition) is 1. The van der Waals surface area contributed by atoms with Gasteiger partial charge in [0.15, 0.2) is 0 Å². The Balaban J connectivity index is 1.35. The third kappa shape index (κ3) is 3.79. The second-order valence-corrected chi connectivity index (χ2v) is 8.18. The molecule has 1 saturated heterocycles. The number of carbonyl (C=O) groups excluding carboxylic acids is 1. The lowest BCUT2D eigenvalue weighted by Gasteiger charge is -2.34. The van der Waals surface area contributed by atoms with Gasteiger partial charge in [0.05, 0.1) is 23.5 Å². The molecule has 5 rings (SSSR count). The van der Waals surface area contributed by atoms with Crippen molar-refractivity contribution in [3.8, 4) is 11.3 Å². The standard InChI is InChI=1S/C23H20F3N5O/c24-23(25,26)15-5-6-21(29-11-15)30-18-9-14-10-20(18)31(13-14)22(32)17-4-2-1-3-16(17)19-12-27-7-8-28-19/h1-8,11-12,14,18,20H,9-10,13H2,(H,29,30). The monoisotopic (exact) mass is 439 g/mol. The highest BCUT2D eigenvalue weighted by atomic mass is 19.4. The maximum absolute atomic E-state index is 13.5. The number of fused-ring (bicyclic) bond motifs is 2. The van der Waals surface area contributed by atoms with Crippen LogP contribution >= 0.6 is 0 Å². The van der Waals surface area contributed by atoms with Crippen molar-refractivity contribution in [3.63, 3.8) is 0 Å². The number of anilines is 1. The average Bonchev–Trinajstić information content (AvgIpc) is 3.40. The predicted octanol–water partition coefficient (Wildman–Crippen LogP) is 4.27. The van der Waals surface area contributed by atoms with Crippen molar-refractivity contribution in [1.82, 2.24) is 19.9 Å². The second-order valence-electron chi connectivity index (χ2n) is 8.18. The van der Waals surface area contributed by atoms with E-state index in [2.05, 4.69) is 20.3 Å². The summed E-state index contributed by atoms with van der Waals surface area (Å²) in [5.74, 6) is 0.646. The molecule has 9 heteroatoms. The first kappa shape index (κ1) is 20.4. The topological polar surface area (TPSA) is 71.0 Å². The van der Waals surface area contributed by atoms with Gasteiger partial charge in [-0.3, -0.25) is 14.8 Å². The average molecular weight is 439 g/mol. The number of carbonyl (C=O) groups is 1. The van der Waals surface area contributed by atoms with E-state index >= 15 is 0 Å². The number of rotatable bonds is 4. The smallest absolute Gasteiger partial charge is 0.365 e. The van der Waals surface area contributed by atoms with Crippen LogP contribution in [-0.4, -0.2) is 44.4 Å². The van der Waals surface area contributed by atoms with Crippen LogP contribution in [0.1, 0.15) is 28.8 Å². The van der Waals surface area contributed by atoms with E-state index in [-0.39, 0.29) is 18.0 Å². The van der Waals surface area contributed by atoms with Crippen LogP contribution in [0.25, 0.3) is 11.3 Å². The quantitative estimate of drug-likeness (QED) is 0.657. The van der Waals surface area contributed by atoms with Gasteiger partial charge in [-0.2, -0.15) is 13.2 Å². The van der Waals surface area contributed by atoms with E-state index in [1.54, 1.807) is 24.7 Å². The van der Waals surface area contributed by atoms with Gasteiger partial charge in [0.2, 0.25) is 0 Å². The Bertz CT molecular complexity index is 1120. The lowest BCUT2D eigenvalue weighted by Crippen LogP contribution is -2.47. The van der Waals surface area contributed by atoms with Crippen LogP contribution in [-0.2, 0) is 6.18 Å². The molecule has 3 aromatic rings. The molecule has 1 aliphatic heterocycles. The van der Waals surface area contributed by atoms with Crippen molar-refractivity contribution in [2.45, 2.75) is 31.1 Å². The molecule has 2 aromatic heterocycles. The van der Waals surface area contributed by atoms with E-state index in [0.717, 1.165) is 30.7 Å². The normalized spacial score (nSPS) is 22.2. The number of pyridine rings is 1. The van der Waals surface area contributed by atoms with E-state index in [9.17, 15) is 18.0 Å². The second kappa shape index (κ2) is 7.89. The Labute approximate surface area is 182 Å². The van der Waals surface area contributed by atoms with Crippen LogP contribution < -0.4 is 5.32 Å². The van der Waals surface area contributed by atoms with Gasteiger partial charge in [-0.1, -0.05) is 18.2 Å². The van der Waals surface area contributed by atoms with Gasteiger partial charge in [-0.05, 0) is 37.0 Å². The van der Waals surface area contributed by atoms with Gasteiger partial charge in [-0.15, -0.1) is 0 Å². The van der Waals surface area contributed by atoms with Gasteiger partial charge in [0.25, 0.3) is 5.91 Å². The zero-order chi connectivity index (χ0) is 22.3. The summed E-state index contributed by atoms with van der Waals surface area (Å²) in [6, 6.07) is 9.57. The van der Waals surface area contributed by atoms with Crippen LogP contribution in [0.15, 0.2) is 61.2 Å². The van der Waals surface area contributed by atoms with Crippen molar-refractivity contribution >= 4 is 11.7 Å². The Morgan fingerprint density at radius 3 is 2.56 bits per heavy atom. The Hall–Kier alpha value is -3.49. The highest BCUT2D eigenvalue weighted by Crippen LogP contribution is 2.40. The van der Waals surface area contributed by atoms with E-state index < -0.39 is 11.7 Å². The molecule has 164 valence electrons. The number of amides is 1. The third-order valence-electron chi connectivity index (χ3n) is 6.16. The molecule has 6 nitrogen and oxygen atoms in total. The molecule has 1 amide bonds. The minimum atomic E-state index is -4.42. The number of nitrogens with zero attached hydrogens (tertiary/aromatic N) is 4. The maximum atomic E-state index is 13.5. The Kier molecular flexibility index (Phi) is 5.03. The first-order chi connectivity index (χ1) is 15.4. The van der Waals surface area contributed by atoms with Gasteiger partial charge in [-0.25, -0.2) is 4.98 Å². The zero-order valence-electron chi connectivity index (χ0n) is 17.0. The molecule has 3 unspecified atom stereocenters. The molecule has 32 heavy (non-hydrogen) atoms. The van der Waals surface area contributed by atoms with Gasteiger partial charge in [0, 0.05) is 42.3 Å². The lowest BCUT2D eigenvalue weighted by atomic mass is 10.0. The number of piperidine rings is 1. The Morgan fingerprint density at radius 2 is 1.88 bits per heavy atom. The molecule has 2 bridgehead atoms. The summed E-state index contributed by atoms with van der Waals surface area (Å²) < 4.78 is 38.4. The first-order valence-corrected chi connectivity index (χ1v) is 10.4. The number of halogens is 3. The third-order valence-corrected chi connectivity index (χ3v) is 6.16. The maximum Gasteiger partial charge on any atom is 0.417 e. The van der Waals surface area contributed by atoms with Gasteiger partial charge >= 0.3 is 6.18 Å². The van der Waals surface area contributed by atoms with Crippen LogP contribution in [0.2, 0.25) is 0 Å². The van der Waals surface area contributed by atoms with E-state index in [1.165, 1.54) is 6.07 Å². The molecular weight excluding hydrogens is 419 g/mol. The van der Waals surface area contributed by atoms with E-state index in [0.29, 0.717) is 29.5 Å². The molecule has 1 aromatic carbocycles. The number of hydrogen-bond acceptors (Lipinski definition) is 5. The van der Waals surface area contributed by atoms with Crippen molar-refractivity contribution in [1.29, 1.82) is 0 Å². The SMILES string of the molecule is O=C(c1ccccc1-c1cnccn1)N1CC2CC(Nc3ccc(C(F)(F)F)cn3)C1C2. The molecule has 3 heterocycles. The van der Waals surface area contributed by atoms with Gasteiger partial charge < -0.3 is 10.2 Å². The zero-order valence-corrected chi connectivity index (χ0v) is 17.0. The fraction of sp³-hybridized carbons (Fsp3) is 0.304. The lowest BCUT2D eigenvalue weighted by molar-refractivity contribution is -0.137. The fourth-order valence-electron chi connectivity index (χ4n) is 4.74. The summed E-state index contributed by atoms with van der Waals surface area (Å²) >= 11 is 0. The molecule has 2 fully saturated rings. The largest absolute Gasteiger partial charge is 0.417 e. The van der Waals surface area contributed by atoms with Crippen LogP contribution in [0, 0.1) is 5.92 Å². The summed E-state index contributed by atoms with van der Waals surface area (Å²) in [6.45, 7) is 0.664. The molecule has 1 saturated carbocycles. The predicted molar refractivity (Wildman–Crippen MR) is 112 cm³/mol. The number of aromatic nitrogens is 3. The number of likely N-dealkylation sites (tertiary alicyclic amines) is 1. The summed E-state index contributed by atoms with van der Waals surface area (Å²) in [5, 5.41) is 3.24. The highest BCUT2D eigenvalue weighted by Gasteiger charge is 2.47. The van der Waals surface area contributed by atoms with Gasteiger partial charge in [0.1, 0.15) is 5.82 Å². The van der Waals surface area contributed by atoms with Crippen LogP contribution in [0.4, 0.5) is 19.0 Å². The molecular formula is C23H20F3N5O. The van der Waals surface area contributed by atoms with Crippen LogP contribution in [0.5, 0.6) is 0 Å². The van der Waals surface area contributed by atoms with Crippen LogP contribution in [0.3, 0.4) is 0 Å². The fourth-order valence-corrected chi connectivity index (χ4v) is 4.74. The molecule has 2 aliphatic rings. The number of nitrogens with one attached hydrogen (secondary N) is 1. The van der Waals surface area contributed by atoms with Crippen molar-refractivity contribution in [3.05, 3.63) is 72.3 Å². The molecule has 1 aliphatic carbocycles. The molecule has 3 atom stereocenters. The van der Waals surface area contributed by atoms with E-state index in [4.69, 9.17) is 0 Å². The molecule has 1 N–H and O–H groups in total. The summed E-state index contributed by atoms with van der Waals surface area (Å²) in [7, 11) is 0. The number of alkyl halides is 3. The minimum Gasteiger partial charge on any atom is -0.365 e. The van der Waals surface area contributed by atoms with E-state index in [1.807, 2.05) is 23.1 Å². The Morgan fingerprint density at radius 1 is 1.03 bits per heavy atom. The molecule has 0 spiro atoms. The number of benzene rings is 1. The summed E-state index contributed by atoms with van der Waals surface area (Å²) in [4.78, 5) is 27.7. The van der Waals surface area contributed by atoms with Crippen molar-refractivity contribution < 1.29 is 18.0 Å².